The normalized spacial score (nSPS) is 11.7. The first-order valence-corrected chi connectivity index (χ1v) is 4.72. The molecule has 0 aromatic carbocycles. The number of aryl methyl sites for hydroxylation is 1. The molecule has 0 aliphatic rings. The molecule has 0 unspecified atom stereocenters. The van der Waals surface area contributed by atoms with Crippen molar-refractivity contribution in [3.8, 4) is 0 Å². The van der Waals surface area contributed by atoms with Crippen LogP contribution in [0.5, 0.6) is 0 Å². The van der Waals surface area contributed by atoms with Crippen molar-refractivity contribution in [2.45, 2.75) is 27.3 Å². The van der Waals surface area contributed by atoms with E-state index in [1.807, 2.05) is 6.92 Å². The molecular weight excluding hydrogens is 196 g/mol. The second-order valence-electron chi connectivity index (χ2n) is 4.15. The van der Waals surface area contributed by atoms with Crippen LogP contribution in [-0.2, 0) is 11.3 Å². The van der Waals surface area contributed by atoms with Crippen molar-refractivity contribution in [3.05, 3.63) is 11.4 Å². The summed E-state index contributed by atoms with van der Waals surface area (Å²) in [5, 5.41) is 10.5. The van der Waals surface area contributed by atoms with E-state index in [-0.39, 0.29) is 5.91 Å². The van der Waals surface area contributed by atoms with Gasteiger partial charge in [0.1, 0.15) is 11.4 Å². The standard InChI is InChI=1S/C9H16N4O2/c1-6-7(13-15-12-6)4-11-5-9(2,3)8(10)14/h11H,4-5H2,1-3H3,(H2,10,14). The average Bonchev–Trinajstić information content (AvgIpc) is 2.51. The topological polar surface area (TPSA) is 94.0 Å². The number of primary amides is 1. The number of hydrogen-bond acceptors (Lipinski definition) is 5. The van der Waals surface area contributed by atoms with E-state index in [4.69, 9.17) is 5.73 Å². The van der Waals surface area contributed by atoms with Crippen molar-refractivity contribution in [2.24, 2.45) is 11.1 Å². The number of rotatable bonds is 5. The second-order valence-corrected chi connectivity index (χ2v) is 4.15. The average molecular weight is 212 g/mol. The lowest BCUT2D eigenvalue weighted by atomic mass is 9.93. The molecule has 1 rings (SSSR count). The van der Waals surface area contributed by atoms with E-state index < -0.39 is 5.41 Å². The predicted molar refractivity (Wildman–Crippen MR) is 53.7 cm³/mol. The number of nitrogens with zero attached hydrogens (tertiary/aromatic N) is 2. The third-order valence-electron chi connectivity index (χ3n) is 2.27. The molecule has 0 saturated carbocycles. The zero-order valence-corrected chi connectivity index (χ0v) is 9.20. The van der Waals surface area contributed by atoms with E-state index in [1.165, 1.54) is 0 Å². The molecule has 6 nitrogen and oxygen atoms in total. The number of aromatic nitrogens is 2. The maximum atomic E-state index is 11.0. The van der Waals surface area contributed by atoms with Crippen LogP contribution in [0.15, 0.2) is 4.63 Å². The molecule has 0 atom stereocenters. The third kappa shape index (κ3) is 3.02. The van der Waals surface area contributed by atoms with E-state index in [1.54, 1.807) is 13.8 Å². The van der Waals surface area contributed by atoms with Gasteiger partial charge in [-0.2, -0.15) is 0 Å². The van der Waals surface area contributed by atoms with E-state index in [2.05, 4.69) is 20.3 Å². The highest BCUT2D eigenvalue weighted by molar-refractivity contribution is 5.80. The fourth-order valence-electron chi connectivity index (χ4n) is 0.990. The van der Waals surface area contributed by atoms with Gasteiger partial charge in [0.15, 0.2) is 0 Å². The van der Waals surface area contributed by atoms with Gasteiger partial charge in [0.2, 0.25) is 5.91 Å². The number of carbonyl (C=O) groups excluding carboxylic acids is 1. The minimum atomic E-state index is -0.564. The van der Waals surface area contributed by atoms with Gasteiger partial charge in [-0.3, -0.25) is 4.79 Å². The molecule has 0 spiro atoms. The molecule has 1 amide bonds. The highest BCUT2D eigenvalue weighted by Crippen LogP contribution is 2.12. The first-order valence-electron chi connectivity index (χ1n) is 4.72. The minimum Gasteiger partial charge on any atom is -0.369 e. The summed E-state index contributed by atoms with van der Waals surface area (Å²) in [6, 6.07) is 0. The Morgan fingerprint density at radius 2 is 2.20 bits per heavy atom. The summed E-state index contributed by atoms with van der Waals surface area (Å²) in [5.41, 5.74) is 6.16. The first kappa shape index (κ1) is 11.6. The Bertz CT molecular complexity index is 346. The lowest BCUT2D eigenvalue weighted by Gasteiger charge is -2.20. The van der Waals surface area contributed by atoms with Gasteiger partial charge in [0.05, 0.1) is 5.41 Å². The molecule has 84 valence electrons. The van der Waals surface area contributed by atoms with Crippen molar-refractivity contribution in [1.82, 2.24) is 15.6 Å². The van der Waals surface area contributed by atoms with E-state index >= 15 is 0 Å². The Labute approximate surface area is 88.2 Å². The molecule has 1 aromatic rings. The Morgan fingerprint density at radius 1 is 1.53 bits per heavy atom. The zero-order chi connectivity index (χ0) is 11.5. The molecule has 0 bridgehead atoms. The molecule has 0 saturated heterocycles. The SMILES string of the molecule is Cc1nonc1CNCC(C)(C)C(N)=O. The van der Waals surface area contributed by atoms with Crippen molar-refractivity contribution in [2.75, 3.05) is 6.54 Å². The summed E-state index contributed by atoms with van der Waals surface area (Å²) in [7, 11) is 0. The van der Waals surface area contributed by atoms with Crippen LogP contribution in [0.3, 0.4) is 0 Å². The quantitative estimate of drug-likeness (QED) is 0.715. The lowest BCUT2D eigenvalue weighted by molar-refractivity contribution is -0.125. The van der Waals surface area contributed by atoms with Crippen LogP contribution in [0.25, 0.3) is 0 Å². The second kappa shape index (κ2) is 4.39. The maximum absolute atomic E-state index is 11.0. The number of nitrogens with one attached hydrogen (secondary N) is 1. The number of hydrogen-bond donors (Lipinski definition) is 2. The van der Waals surface area contributed by atoms with Crippen molar-refractivity contribution < 1.29 is 9.42 Å². The van der Waals surface area contributed by atoms with Crippen molar-refractivity contribution in [3.63, 3.8) is 0 Å². The van der Waals surface area contributed by atoms with Gasteiger partial charge >= 0.3 is 0 Å². The van der Waals surface area contributed by atoms with Gasteiger partial charge in [-0.15, -0.1) is 0 Å². The fraction of sp³-hybridized carbons (Fsp3) is 0.667. The van der Waals surface area contributed by atoms with E-state index in [9.17, 15) is 4.79 Å². The van der Waals surface area contributed by atoms with Crippen LogP contribution in [-0.4, -0.2) is 22.8 Å². The van der Waals surface area contributed by atoms with Crippen LogP contribution >= 0.6 is 0 Å². The van der Waals surface area contributed by atoms with Gasteiger partial charge in [0, 0.05) is 13.1 Å². The van der Waals surface area contributed by atoms with Crippen LogP contribution in [0.2, 0.25) is 0 Å². The lowest BCUT2D eigenvalue weighted by Crippen LogP contribution is -2.40. The molecule has 6 heteroatoms. The van der Waals surface area contributed by atoms with Gasteiger partial charge in [-0.1, -0.05) is 10.3 Å². The van der Waals surface area contributed by atoms with Gasteiger partial charge < -0.3 is 11.1 Å². The smallest absolute Gasteiger partial charge is 0.224 e. The highest BCUT2D eigenvalue weighted by atomic mass is 16.6. The molecule has 0 radical (unpaired) electrons. The summed E-state index contributed by atoms with van der Waals surface area (Å²) in [5.74, 6) is -0.329. The van der Waals surface area contributed by atoms with Crippen LogP contribution in [0.4, 0.5) is 0 Å². The van der Waals surface area contributed by atoms with Crippen LogP contribution in [0, 0.1) is 12.3 Å². The Balaban J connectivity index is 2.40. The number of nitrogens with two attached hydrogens (primary N) is 1. The largest absolute Gasteiger partial charge is 0.369 e. The van der Waals surface area contributed by atoms with E-state index in [0.29, 0.717) is 13.1 Å². The number of amides is 1. The highest BCUT2D eigenvalue weighted by Gasteiger charge is 2.24. The Morgan fingerprint density at radius 3 is 2.67 bits per heavy atom. The first-order chi connectivity index (χ1) is 6.93. The van der Waals surface area contributed by atoms with Gasteiger partial charge in [0.25, 0.3) is 0 Å². The van der Waals surface area contributed by atoms with Gasteiger partial charge in [-0.05, 0) is 20.8 Å². The predicted octanol–water partition coefficient (Wildman–Crippen LogP) is -0.0209. The molecule has 0 aliphatic heterocycles. The van der Waals surface area contributed by atoms with Crippen LogP contribution in [0.1, 0.15) is 25.2 Å². The monoisotopic (exact) mass is 212 g/mol. The minimum absolute atomic E-state index is 0.329. The summed E-state index contributed by atoms with van der Waals surface area (Å²) < 4.78 is 4.54. The zero-order valence-electron chi connectivity index (χ0n) is 9.20. The maximum Gasteiger partial charge on any atom is 0.224 e. The third-order valence-corrected chi connectivity index (χ3v) is 2.27. The molecule has 3 N–H and O–H groups in total. The fourth-order valence-corrected chi connectivity index (χ4v) is 0.990. The Kier molecular flexibility index (Phi) is 3.41. The molecular formula is C9H16N4O2. The van der Waals surface area contributed by atoms with Gasteiger partial charge in [-0.25, -0.2) is 4.63 Å². The summed E-state index contributed by atoms with van der Waals surface area (Å²) in [6.07, 6.45) is 0. The van der Waals surface area contributed by atoms with Crippen molar-refractivity contribution in [1.29, 1.82) is 0 Å². The molecule has 15 heavy (non-hydrogen) atoms. The van der Waals surface area contributed by atoms with Crippen molar-refractivity contribution >= 4 is 5.91 Å². The molecule has 0 fully saturated rings. The summed E-state index contributed by atoms with van der Waals surface area (Å²) in [6.45, 7) is 6.40. The Hall–Kier alpha value is -1.43. The molecule has 1 heterocycles. The summed E-state index contributed by atoms with van der Waals surface area (Å²) in [4.78, 5) is 11.0. The molecule has 0 aliphatic carbocycles. The summed E-state index contributed by atoms with van der Waals surface area (Å²) >= 11 is 0. The molecule has 1 aromatic heterocycles. The van der Waals surface area contributed by atoms with Crippen LogP contribution < -0.4 is 11.1 Å². The number of carbonyl (C=O) groups is 1. The van der Waals surface area contributed by atoms with E-state index in [0.717, 1.165) is 11.4 Å².